The molecule has 2 rings (SSSR count). The maximum absolute atomic E-state index is 13.2. The van der Waals surface area contributed by atoms with Crippen LogP contribution in [-0.2, 0) is 9.59 Å². The van der Waals surface area contributed by atoms with Crippen molar-refractivity contribution < 1.29 is 18.4 Å². The van der Waals surface area contributed by atoms with Gasteiger partial charge < -0.3 is 10.2 Å². The average molecular weight is 278 g/mol. The first-order valence-electron chi connectivity index (χ1n) is 5.99. The number of carbonyl (C=O) groups is 2. The third-order valence-corrected chi connectivity index (χ3v) is 3.08. The van der Waals surface area contributed by atoms with Crippen LogP contribution in [0.15, 0.2) is 18.2 Å². The first-order chi connectivity index (χ1) is 9.52. The molecule has 20 heavy (non-hydrogen) atoms. The Morgan fingerprint density at radius 2 is 2.20 bits per heavy atom. The summed E-state index contributed by atoms with van der Waals surface area (Å²) in [4.78, 5) is 24.8. The van der Waals surface area contributed by atoms with Gasteiger partial charge in [0, 0.05) is 24.7 Å². The minimum atomic E-state index is -1.03. The van der Waals surface area contributed by atoms with Crippen LogP contribution in [0.2, 0.25) is 0 Å². The standard InChI is InChI=1S/C14H12F2N2O2/c1-2-5-17-14(20)9-6-13(19)18(8-9)10-3-4-11(15)12(16)7-10/h1,3-4,7,9H,5-6,8H2,(H,17,20). The SMILES string of the molecule is C#CCNC(=O)C1CC(=O)N(c2ccc(F)c(F)c2)C1. The highest BCUT2D eigenvalue weighted by Crippen LogP contribution is 2.26. The molecule has 104 valence electrons. The molecular weight excluding hydrogens is 266 g/mol. The summed E-state index contributed by atoms with van der Waals surface area (Å²) in [7, 11) is 0. The molecular formula is C14H12F2N2O2. The minimum absolute atomic E-state index is 0.0232. The fraction of sp³-hybridized carbons (Fsp3) is 0.286. The molecule has 1 aliphatic heterocycles. The summed E-state index contributed by atoms with van der Waals surface area (Å²) in [6.45, 7) is 0.217. The largest absolute Gasteiger partial charge is 0.345 e. The van der Waals surface area contributed by atoms with Gasteiger partial charge in [0.2, 0.25) is 11.8 Å². The summed E-state index contributed by atoms with van der Waals surface area (Å²) in [5.41, 5.74) is 0.237. The van der Waals surface area contributed by atoms with Gasteiger partial charge in [0.05, 0.1) is 12.5 Å². The summed E-state index contributed by atoms with van der Waals surface area (Å²) in [6.07, 6.45) is 5.06. The van der Waals surface area contributed by atoms with Crippen molar-refractivity contribution in [3.05, 3.63) is 29.8 Å². The van der Waals surface area contributed by atoms with Crippen molar-refractivity contribution in [1.29, 1.82) is 0 Å². The fourth-order valence-corrected chi connectivity index (χ4v) is 2.07. The van der Waals surface area contributed by atoms with E-state index in [-0.39, 0.29) is 37.0 Å². The number of anilines is 1. The van der Waals surface area contributed by atoms with Crippen LogP contribution in [0.25, 0.3) is 0 Å². The Labute approximate surface area is 114 Å². The van der Waals surface area contributed by atoms with Gasteiger partial charge in [-0.3, -0.25) is 9.59 Å². The van der Waals surface area contributed by atoms with E-state index in [2.05, 4.69) is 11.2 Å². The van der Waals surface area contributed by atoms with Gasteiger partial charge in [-0.05, 0) is 12.1 Å². The van der Waals surface area contributed by atoms with E-state index in [1.165, 1.54) is 11.0 Å². The zero-order valence-corrected chi connectivity index (χ0v) is 10.5. The van der Waals surface area contributed by atoms with E-state index in [1.54, 1.807) is 0 Å². The van der Waals surface area contributed by atoms with Crippen molar-refractivity contribution in [2.75, 3.05) is 18.0 Å². The average Bonchev–Trinajstić information content (AvgIpc) is 2.81. The van der Waals surface area contributed by atoms with Crippen molar-refractivity contribution in [2.24, 2.45) is 5.92 Å². The summed E-state index contributed by atoms with van der Waals surface area (Å²) < 4.78 is 26.0. The second-order valence-corrected chi connectivity index (χ2v) is 4.43. The molecule has 1 aromatic carbocycles. The second-order valence-electron chi connectivity index (χ2n) is 4.43. The third kappa shape index (κ3) is 2.77. The minimum Gasteiger partial charge on any atom is -0.345 e. The molecule has 6 heteroatoms. The Morgan fingerprint density at radius 1 is 1.45 bits per heavy atom. The monoisotopic (exact) mass is 278 g/mol. The van der Waals surface area contributed by atoms with Crippen LogP contribution in [0, 0.1) is 29.9 Å². The molecule has 1 fully saturated rings. The van der Waals surface area contributed by atoms with E-state index in [0.29, 0.717) is 0 Å². The van der Waals surface area contributed by atoms with Crippen LogP contribution in [0.3, 0.4) is 0 Å². The summed E-state index contributed by atoms with van der Waals surface area (Å²) in [5.74, 6) is -0.911. The molecule has 1 heterocycles. The van der Waals surface area contributed by atoms with E-state index in [9.17, 15) is 18.4 Å². The van der Waals surface area contributed by atoms with E-state index >= 15 is 0 Å². The maximum Gasteiger partial charge on any atom is 0.227 e. The van der Waals surface area contributed by atoms with E-state index in [4.69, 9.17) is 6.42 Å². The van der Waals surface area contributed by atoms with Crippen molar-refractivity contribution in [3.8, 4) is 12.3 Å². The van der Waals surface area contributed by atoms with Gasteiger partial charge in [-0.15, -0.1) is 6.42 Å². The molecule has 0 saturated carbocycles. The molecule has 0 spiro atoms. The smallest absolute Gasteiger partial charge is 0.227 e. The second kappa shape index (κ2) is 5.70. The van der Waals surface area contributed by atoms with E-state index in [1.807, 2.05) is 0 Å². The van der Waals surface area contributed by atoms with Gasteiger partial charge >= 0.3 is 0 Å². The molecule has 1 aromatic rings. The molecule has 0 radical (unpaired) electrons. The van der Waals surface area contributed by atoms with Crippen LogP contribution in [0.4, 0.5) is 14.5 Å². The quantitative estimate of drug-likeness (QED) is 0.841. The van der Waals surface area contributed by atoms with Crippen molar-refractivity contribution in [1.82, 2.24) is 5.32 Å². The summed E-state index contributed by atoms with van der Waals surface area (Å²) in [5, 5.41) is 2.50. The normalized spacial score (nSPS) is 17.9. The lowest BCUT2D eigenvalue weighted by molar-refractivity contribution is -0.126. The molecule has 1 atom stereocenters. The van der Waals surface area contributed by atoms with Crippen molar-refractivity contribution in [2.45, 2.75) is 6.42 Å². The van der Waals surface area contributed by atoms with Gasteiger partial charge in [-0.2, -0.15) is 0 Å². The van der Waals surface area contributed by atoms with Crippen LogP contribution in [-0.4, -0.2) is 24.9 Å². The molecule has 1 unspecified atom stereocenters. The molecule has 0 aromatic heterocycles. The predicted molar refractivity (Wildman–Crippen MR) is 68.7 cm³/mol. The highest BCUT2D eigenvalue weighted by atomic mass is 19.2. The third-order valence-electron chi connectivity index (χ3n) is 3.08. The Bertz CT molecular complexity index is 595. The number of rotatable bonds is 3. The van der Waals surface area contributed by atoms with E-state index < -0.39 is 17.6 Å². The molecule has 1 aliphatic rings. The zero-order chi connectivity index (χ0) is 14.7. The fourth-order valence-electron chi connectivity index (χ4n) is 2.07. The number of carbonyl (C=O) groups excluding carboxylic acids is 2. The van der Waals surface area contributed by atoms with Gasteiger partial charge in [-0.1, -0.05) is 5.92 Å². The molecule has 0 bridgehead atoms. The number of terminal acetylenes is 1. The first-order valence-corrected chi connectivity index (χ1v) is 5.99. The van der Waals surface area contributed by atoms with Crippen LogP contribution in [0.5, 0.6) is 0 Å². The van der Waals surface area contributed by atoms with Gasteiger partial charge in [0.25, 0.3) is 0 Å². The Morgan fingerprint density at radius 3 is 2.85 bits per heavy atom. The molecule has 0 aliphatic carbocycles. The molecule has 1 saturated heterocycles. The van der Waals surface area contributed by atoms with E-state index in [0.717, 1.165) is 12.1 Å². The van der Waals surface area contributed by atoms with Gasteiger partial charge in [0.15, 0.2) is 11.6 Å². The molecule has 4 nitrogen and oxygen atoms in total. The lowest BCUT2D eigenvalue weighted by atomic mass is 10.1. The molecule has 2 amide bonds. The Balaban J connectivity index is 2.11. The van der Waals surface area contributed by atoms with Gasteiger partial charge in [-0.25, -0.2) is 8.78 Å². The lowest BCUT2D eigenvalue weighted by Gasteiger charge is -2.16. The maximum atomic E-state index is 13.2. The van der Waals surface area contributed by atoms with Crippen molar-refractivity contribution in [3.63, 3.8) is 0 Å². The lowest BCUT2D eigenvalue weighted by Crippen LogP contribution is -2.33. The number of amides is 2. The molecule has 1 N–H and O–H groups in total. The van der Waals surface area contributed by atoms with Crippen LogP contribution in [0.1, 0.15) is 6.42 Å². The Kier molecular flexibility index (Phi) is 3.99. The number of benzene rings is 1. The number of hydrogen-bond acceptors (Lipinski definition) is 2. The highest BCUT2D eigenvalue weighted by molar-refractivity contribution is 6.00. The summed E-state index contributed by atoms with van der Waals surface area (Å²) >= 11 is 0. The number of nitrogens with one attached hydrogen (secondary N) is 1. The number of nitrogens with zero attached hydrogens (tertiary/aromatic N) is 1. The number of hydrogen-bond donors (Lipinski definition) is 1. The van der Waals surface area contributed by atoms with Crippen molar-refractivity contribution >= 4 is 17.5 Å². The topological polar surface area (TPSA) is 49.4 Å². The predicted octanol–water partition coefficient (Wildman–Crippen LogP) is 1.07. The van der Waals surface area contributed by atoms with Crippen LogP contribution >= 0.6 is 0 Å². The number of halogens is 2. The van der Waals surface area contributed by atoms with Gasteiger partial charge in [0.1, 0.15) is 0 Å². The summed E-state index contributed by atoms with van der Waals surface area (Å²) in [6, 6.07) is 3.19. The Hall–Kier alpha value is -2.42. The first kappa shape index (κ1) is 14.0. The highest BCUT2D eigenvalue weighted by Gasteiger charge is 2.35. The zero-order valence-electron chi connectivity index (χ0n) is 10.5. The van der Waals surface area contributed by atoms with Crippen LogP contribution < -0.4 is 10.2 Å².